The van der Waals surface area contributed by atoms with Gasteiger partial charge in [-0.3, -0.25) is 4.57 Å². The summed E-state index contributed by atoms with van der Waals surface area (Å²) < 4.78 is 33.2. The minimum atomic E-state index is -3.43. The molecule has 9 heteroatoms. The number of nitrogens with one attached hydrogen (secondary N) is 1. The van der Waals surface area contributed by atoms with Crippen molar-refractivity contribution in [2.75, 3.05) is 23.9 Å². The fraction of sp³-hybridized carbons (Fsp3) is 0.478. The maximum absolute atomic E-state index is 12.6. The van der Waals surface area contributed by atoms with E-state index in [0.717, 1.165) is 43.5 Å². The Bertz CT molecular complexity index is 1270. The quantitative estimate of drug-likeness (QED) is 0.585. The molecule has 1 unspecified atom stereocenters. The maximum Gasteiger partial charge on any atom is 0.177 e. The normalized spacial score (nSPS) is 19.8. The number of hydrogen-bond donors (Lipinski definition) is 2. The molecule has 1 aliphatic carbocycles. The van der Waals surface area contributed by atoms with Crippen molar-refractivity contribution in [1.82, 2.24) is 14.5 Å². The summed E-state index contributed by atoms with van der Waals surface area (Å²) in [6.07, 6.45) is 7.57. The topological polar surface area (TPSA) is 112 Å². The molecule has 5 rings (SSSR count). The molecule has 1 aromatic carbocycles. The van der Waals surface area contributed by atoms with Crippen LogP contribution in [0.15, 0.2) is 29.2 Å². The molecule has 3 heterocycles. The number of benzene rings is 1. The van der Waals surface area contributed by atoms with Gasteiger partial charge in [0.15, 0.2) is 15.5 Å². The summed E-state index contributed by atoms with van der Waals surface area (Å²) in [7, 11) is -3.43. The van der Waals surface area contributed by atoms with Crippen LogP contribution < -0.4 is 11.1 Å². The second-order valence-corrected chi connectivity index (χ2v) is 10.9. The molecule has 1 atom stereocenters. The molecule has 3 N–H and O–H groups in total. The zero-order chi connectivity index (χ0) is 22.5. The number of fused-ring (bicyclic) bond motifs is 1. The van der Waals surface area contributed by atoms with E-state index in [1.165, 1.54) is 12.7 Å². The molecule has 3 aromatic rings. The van der Waals surface area contributed by atoms with Crippen molar-refractivity contribution in [1.29, 1.82) is 0 Å². The number of sulfone groups is 1. The average molecular weight is 456 g/mol. The number of nitrogens with zero attached hydrogens (tertiary/aromatic N) is 3. The molecular weight excluding hydrogens is 426 g/mol. The lowest BCUT2D eigenvalue weighted by atomic mass is 9.80. The fourth-order valence-corrected chi connectivity index (χ4v) is 5.52. The van der Waals surface area contributed by atoms with Crippen LogP contribution in [0.3, 0.4) is 0 Å². The Morgan fingerprint density at radius 2 is 1.91 bits per heavy atom. The van der Waals surface area contributed by atoms with Crippen molar-refractivity contribution >= 4 is 38.2 Å². The van der Waals surface area contributed by atoms with Gasteiger partial charge >= 0.3 is 0 Å². The first-order chi connectivity index (χ1) is 15.3. The molecule has 2 aromatic heterocycles. The van der Waals surface area contributed by atoms with Gasteiger partial charge in [0, 0.05) is 18.9 Å². The predicted molar refractivity (Wildman–Crippen MR) is 125 cm³/mol. The summed E-state index contributed by atoms with van der Waals surface area (Å²) in [5, 5.41) is 3.29. The zero-order valence-corrected chi connectivity index (χ0v) is 19.3. The lowest BCUT2D eigenvalue weighted by Gasteiger charge is -2.26. The second kappa shape index (κ2) is 8.04. The molecule has 1 saturated carbocycles. The summed E-state index contributed by atoms with van der Waals surface area (Å²) >= 11 is 0. The first-order valence-corrected chi connectivity index (χ1v) is 13.1. The lowest BCUT2D eigenvalue weighted by Crippen LogP contribution is -2.19. The first-order valence-electron chi connectivity index (χ1n) is 11.2. The zero-order valence-electron chi connectivity index (χ0n) is 18.5. The number of hydrogen-bond acceptors (Lipinski definition) is 7. The third-order valence-electron chi connectivity index (χ3n) is 6.54. The molecule has 8 nitrogen and oxygen atoms in total. The van der Waals surface area contributed by atoms with E-state index in [0.29, 0.717) is 40.9 Å². The molecule has 1 aliphatic heterocycles. The van der Waals surface area contributed by atoms with Gasteiger partial charge in [-0.1, -0.05) is 12.5 Å². The SMILES string of the molecule is Cc1nc2c(Nc3ccc(C4CCC4)cc3S(C)(=O)=O)cc(N)nc2n1C1CCCCO1. The number of ether oxygens (including phenoxy) is 1. The monoisotopic (exact) mass is 455 g/mol. The van der Waals surface area contributed by atoms with Crippen LogP contribution in [0, 0.1) is 6.92 Å². The van der Waals surface area contributed by atoms with Crippen LogP contribution in [0.2, 0.25) is 0 Å². The van der Waals surface area contributed by atoms with Gasteiger partial charge in [0.1, 0.15) is 23.4 Å². The Balaban J connectivity index is 1.58. The minimum Gasteiger partial charge on any atom is -0.384 e. The number of nitrogen functional groups attached to an aromatic ring is 1. The van der Waals surface area contributed by atoms with Gasteiger partial charge < -0.3 is 15.8 Å². The van der Waals surface area contributed by atoms with Gasteiger partial charge in [-0.25, -0.2) is 18.4 Å². The van der Waals surface area contributed by atoms with Gasteiger partial charge in [-0.05, 0) is 62.6 Å². The van der Waals surface area contributed by atoms with E-state index in [4.69, 9.17) is 15.5 Å². The molecular formula is C23H29N5O3S. The highest BCUT2D eigenvalue weighted by atomic mass is 32.2. The summed E-state index contributed by atoms with van der Waals surface area (Å²) in [6, 6.07) is 7.37. The molecule has 1 saturated heterocycles. The van der Waals surface area contributed by atoms with E-state index in [1.54, 1.807) is 6.07 Å². The van der Waals surface area contributed by atoms with Crippen LogP contribution in [0.25, 0.3) is 11.2 Å². The molecule has 0 radical (unpaired) electrons. The van der Waals surface area contributed by atoms with Gasteiger partial charge in [0.05, 0.1) is 16.3 Å². The van der Waals surface area contributed by atoms with E-state index < -0.39 is 9.84 Å². The number of nitrogens with two attached hydrogens (primary N) is 1. The fourth-order valence-electron chi connectivity index (χ4n) is 4.65. The standard InChI is InChI=1S/C23H29N5O3S/c1-14-25-22-18(13-20(24)27-23(22)28(14)21-8-3-4-11-31-21)26-17-10-9-16(15-6-5-7-15)12-19(17)32(2,29)30/h9-10,12-13,15,21H,3-8,11H2,1-2H3,(H3,24,26,27). The van der Waals surface area contributed by atoms with E-state index in [1.807, 2.05) is 29.7 Å². The van der Waals surface area contributed by atoms with Crippen LogP contribution >= 0.6 is 0 Å². The van der Waals surface area contributed by atoms with Crippen LogP contribution in [-0.4, -0.2) is 35.8 Å². The Kier molecular flexibility index (Phi) is 5.33. The number of pyridine rings is 1. The molecule has 0 spiro atoms. The van der Waals surface area contributed by atoms with Gasteiger partial charge in [0.2, 0.25) is 0 Å². The maximum atomic E-state index is 12.6. The first kappa shape index (κ1) is 21.2. The highest BCUT2D eigenvalue weighted by molar-refractivity contribution is 7.90. The van der Waals surface area contributed by atoms with Crippen molar-refractivity contribution in [3.63, 3.8) is 0 Å². The predicted octanol–water partition coefficient (Wildman–Crippen LogP) is 4.44. The third kappa shape index (κ3) is 3.84. The highest BCUT2D eigenvalue weighted by Gasteiger charge is 2.25. The second-order valence-electron chi connectivity index (χ2n) is 8.90. The molecule has 2 fully saturated rings. The van der Waals surface area contributed by atoms with Crippen LogP contribution in [0.5, 0.6) is 0 Å². The van der Waals surface area contributed by atoms with Crippen molar-refractivity contribution in [3.05, 3.63) is 35.7 Å². The molecule has 0 bridgehead atoms. The highest BCUT2D eigenvalue weighted by Crippen LogP contribution is 2.39. The van der Waals surface area contributed by atoms with Crippen molar-refractivity contribution in [2.45, 2.75) is 62.5 Å². The smallest absolute Gasteiger partial charge is 0.177 e. The van der Waals surface area contributed by atoms with Crippen LogP contribution in [0.4, 0.5) is 17.2 Å². The van der Waals surface area contributed by atoms with E-state index >= 15 is 0 Å². The largest absolute Gasteiger partial charge is 0.384 e. The summed E-state index contributed by atoms with van der Waals surface area (Å²) in [5.41, 5.74) is 9.67. The minimum absolute atomic E-state index is 0.121. The molecule has 2 aliphatic rings. The number of imidazole rings is 1. The Labute approximate surface area is 188 Å². The Morgan fingerprint density at radius 3 is 2.56 bits per heavy atom. The Morgan fingerprint density at radius 1 is 1.09 bits per heavy atom. The van der Waals surface area contributed by atoms with Crippen LogP contribution in [0.1, 0.15) is 62.1 Å². The summed E-state index contributed by atoms with van der Waals surface area (Å²) in [6.45, 7) is 2.64. The van der Waals surface area contributed by atoms with Crippen molar-refractivity contribution < 1.29 is 13.2 Å². The molecule has 170 valence electrons. The number of aromatic nitrogens is 3. The van der Waals surface area contributed by atoms with E-state index in [-0.39, 0.29) is 11.1 Å². The van der Waals surface area contributed by atoms with Crippen molar-refractivity contribution in [2.24, 2.45) is 0 Å². The summed E-state index contributed by atoms with van der Waals surface area (Å²) in [4.78, 5) is 9.57. The average Bonchev–Trinajstić information content (AvgIpc) is 3.03. The van der Waals surface area contributed by atoms with E-state index in [2.05, 4.69) is 10.3 Å². The Hall–Kier alpha value is -2.65. The molecule has 0 amide bonds. The third-order valence-corrected chi connectivity index (χ3v) is 7.68. The van der Waals surface area contributed by atoms with Crippen LogP contribution in [-0.2, 0) is 14.6 Å². The summed E-state index contributed by atoms with van der Waals surface area (Å²) in [5.74, 6) is 1.57. The van der Waals surface area contributed by atoms with Gasteiger partial charge in [-0.2, -0.15) is 0 Å². The number of anilines is 3. The van der Waals surface area contributed by atoms with Crippen molar-refractivity contribution in [3.8, 4) is 0 Å². The number of aryl methyl sites for hydroxylation is 1. The van der Waals surface area contributed by atoms with Gasteiger partial charge in [-0.15, -0.1) is 0 Å². The van der Waals surface area contributed by atoms with Gasteiger partial charge in [0.25, 0.3) is 0 Å². The number of rotatable bonds is 5. The lowest BCUT2D eigenvalue weighted by molar-refractivity contribution is -0.0308. The molecule has 32 heavy (non-hydrogen) atoms. The van der Waals surface area contributed by atoms with E-state index in [9.17, 15) is 8.42 Å².